The van der Waals surface area contributed by atoms with Crippen molar-refractivity contribution in [3.63, 3.8) is 0 Å². The predicted octanol–water partition coefficient (Wildman–Crippen LogP) is 3.01. The van der Waals surface area contributed by atoms with Crippen LogP contribution >= 0.6 is 0 Å². The predicted molar refractivity (Wildman–Crippen MR) is 71.4 cm³/mol. The maximum Gasteiger partial charge on any atom is 0.224 e. The Morgan fingerprint density at radius 3 is 1.94 bits per heavy atom. The standard InChI is InChI=1S/C15H23NO/c1-11(2)15(12(3)4,14(16)17)10-13-8-6-5-7-9-13/h5-9,11-12H,10H2,1-4H3,(H2,16,17). The number of nitrogens with two attached hydrogens (primary N) is 1. The van der Waals surface area contributed by atoms with Crippen LogP contribution in [0.5, 0.6) is 0 Å². The quantitative estimate of drug-likeness (QED) is 0.834. The van der Waals surface area contributed by atoms with Crippen molar-refractivity contribution in [2.24, 2.45) is 23.0 Å². The molecule has 1 aromatic rings. The molecule has 0 aromatic heterocycles. The molecule has 2 heteroatoms. The van der Waals surface area contributed by atoms with Crippen LogP contribution in [0, 0.1) is 17.3 Å². The molecule has 0 saturated carbocycles. The van der Waals surface area contributed by atoms with E-state index in [9.17, 15) is 4.79 Å². The number of primary amides is 1. The summed E-state index contributed by atoms with van der Waals surface area (Å²) in [7, 11) is 0. The highest BCUT2D eigenvalue weighted by Crippen LogP contribution is 2.39. The first-order chi connectivity index (χ1) is 7.91. The van der Waals surface area contributed by atoms with E-state index in [1.807, 2.05) is 18.2 Å². The third kappa shape index (κ3) is 2.68. The summed E-state index contributed by atoms with van der Waals surface area (Å²) < 4.78 is 0. The Hall–Kier alpha value is -1.31. The summed E-state index contributed by atoms with van der Waals surface area (Å²) in [6.45, 7) is 8.31. The molecule has 1 amide bonds. The first-order valence-corrected chi connectivity index (χ1v) is 6.25. The Morgan fingerprint density at radius 2 is 1.59 bits per heavy atom. The van der Waals surface area contributed by atoms with Crippen molar-refractivity contribution < 1.29 is 4.79 Å². The van der Waals surface area contributed by atoms with E-state index in [4.69, 9.17) is 5.73 Å². The van der Waals surface area contributed by atoms with Crippen molar-refractivity contribution in [1.82, 2.24) is 0 Å². The summed E-state index contributed by atoms with van der Waals surface area (Å²) in [4.78, 5) is 11.9. The zero-order valence-corrected chi connectivity index (χ0v) is 11.2. The van der Waals surface area contributed by atoms with Gasteiger partial charge in [-0.15, -0.1) is 0 Å². The minimum Gasteiger partial charge on any atom is -0.369 e. The Bertz CT molecular complexity index is 360. The minimum atomic E-state index is -0.457. The van der Waals surface area contributed by atoms with Gasteiger partial charge in [0.1, 0.15) is 0 Å². The fourth-order valence-electron chi connectivity index (χ4n) is 2.66. The van der Waals surface area contributed by atoms with E-state index >= 15 is 0 Å². The van der Waals surface area contributed by atoms with Gasteiger partial charge in [0.25, 0.3) is 0 Å². The highest BCUT2D eigenvalue weighted by Gasteiger charge is 2.42. The molecule has 2 nitrogen and oxygen atoms in total. The summed E-state index contributed by atoms with van der Waals surface area (Å²) >= 11 is 0. The van der Waals surface area contributed by atoms with E-state index in [0.717, 1.165) is 6.42 Å². The molecule has 0 fully saturated rings. The van der Waals surface area contributed by atoms with Gasteiger partial charge in [0.15, 0.2) is 0 Å². The molecule has 0 bridgehead atoms. The lowest BCUT2D eigenvalue weighted by atomic mass is 9.65. The van der Waals surface area contributed by atoms with Gasteiger partial charge in [-0.3, -0.25) is 4.79 Å². The maximum absolute atomic E-state index is 11.9. The average molecular weight is 233 g/mol. The Balaban J connectivity index is 3.11. The molecule has 1 rings (SSSR count). The lowest BCUT2D eigenvalue weighted by Crippen LogP contribution is -2.47. The van der Waals surface area contributed by atoms with Crippen LogP contribution < -0.4 is 5.73 Å². The number of carbonyl (C=O) groups is 1. The summed E-state index contributed by atoms with van der Waals surface area (Å²) in [6, 6.07) is 10.1. The van der Waals surface area contributed by atoms with E-state index in [2.05, 4.69) is 39.8 Å². The number of rotatable bonds is 5. The Morgan fingerprint density at radius 1 is 1.12 bits per heavy atom. The Kier molecular flexibility index (Phi) is 4.33. The van der Waals surface area contributed by atoms with Gasteiger partial charge >= 0.3 is 0 Å². The van der Waals surface area contributed by atoms with Crippen molar-refractivity contribution in [1.29, 1.82) is 0 Å². The maximum atomic E-state index is 11.9. The number of benzene rings is 1. The van der Waals surface area contributed by atoms with Gasteiger partial charge in [-0.2, -0.15) is 0 Å². The lowest BCUT2D eigenvalue weighted by molar-refractivity contribution is -0.133. The smallest absolute Gasteiger partial charge is 0.224 e. The average Bonchev–Trinajstić information content (AvgIpc) is 2.25. The lowest BCUT2D eigenvalue weighted by Gasteiger charge is -2.38. The van der Waals surface area contributed by atoms with Crippen LogP contribution in [0.2, 0.25) is 0 Å². The molecule has 0 radical (unpaired) electrons. The molecule has 0 spiro atoms. The molecule has 0 aliphatic heterocycles. The summed E-state index contributed by atoms with van der Waals surface area (Å²) in [5.41, 5.74) is 6.40. The Labute approximate surface area is 104 Å². The molecule has 0 heterocycles. The molecule has 17 heavy (non-hydrogen) atoms. The molecule has 94 valence electrons. The normalized spacial score (nSPS) is 12.1. The molecule has 0 saturated heterocycles. The van der Waals surface area contributed by atoms with Gasteiger partial charge in [-0.1, -0.05) is 58.0 Å². The van der Waals surface area contributed by atoms with Crippen LogP contribution in [0.25, 0.3) is 0 Å². The molecule has 0 aliphatic carbocycles. The van der Waals surface area contributed by atoms with Crippen molar-refractivity contribution in [3.8, 4) is 0 Å². The van der Waals surface area contributed by atoms with Crippen LogP contribution in [0.15, 0.2) is 30.3 Å². The van der Waals surface area contributed by atoms with E-state index in [0.29, 0.717) is 0 Å². The largest absolute Gasteiger partial charge is 0.369 e. The van der Waals surface area contributed by atoms with Gasteiger partial charge in [0.2, 0.25) is 5.91 Å². The van der Waals surface area contributed by atoms with Crippen molar-refractivity contribution >= 4 is 5.91 Å². The molecule has 1 aromatic carbocycles. The number of carbonyl (C=O) groups excluding carboxylic acids is 1. The molecule has 0 atom stereocenters. The van der Waals surface area contributed by atoms with Gasteiger partial charge in [0, 0.05) is 0 Å². The fourth-order valence-corrected chi connectivity index (χ4v) is 2.66. The van der Waals surface area contributed by atoms with Gasteiger partial charge in [-0.25, -0.2) is 0 Å². The van der Waals surface area contributed by atoms with Crippen molar-refractivity contribution in [2.75, 3.05) is 0 Å². The molecule has 0 unspecified atom stereocenters. The van der Waals surface area contributed by atoms with Crippen LogP contribution in [-0.2, 0) is 11.2 Å². The second kappa shape index (κ2) is 5.35. The SMILES string of the molecule is CC(C)C(Cc1ccccc1)(C(N)=O)C(C)C. The van der Waals surface area contributed by atoms with E-state index in [1.165, 1.54) is 5.56 Å². The van der Waals surface area contributed by atoms with E-state index in [1.54, 1.807) is 0 Å². The van der Waals surface area contributed by atoms with Gasteiger partial charge < -0.3 is 5.73 Å². The summed E-state index contributed by atoms with van der Waals surface area (Å²) in [5.74, 6) is 0.284. The molecule has 0 aliphatic rings. The molecule has 2 N–H and O–H groups in total. The van der Waals surface area contributed by atoms with E-state index < -0.39 is 5.41 Å². The highest BCUT2D eigenvalue weighted by atomic mass is 16.1. The number of amides is 1. The second-order valence-electron chi connectivity index (χ2n) is 5.38. The first kappa shape index (κ1) is 13.8. The van der Waals surface area contributed by atoms with Crippen LogP contribution in [0.4, 0.5) is 0 Å². The number of hydrogen-bond donors (Lipinski definition) is 1. The fraction of sp³-hybridized carbons (Fsp3) is 0.533. The monoisotopic (exact) mass is 233 g/mol. The van der Waals surface area contributed by atoms with Gasteiger partial charge in [0.05, 0.1) is 5.41 Å². The van der Waals surface area contributed by atoms with Crippen LogP contribution in [-0.4, -0.2) is 5.91 Å². The van der Waals surface area contributed by atoms with Crippen LogP contribution in [0.3, 0.4) is 0 Å². The zero-order chi connectivity index (χ0) is 13.1. The highest BCUT2D eigenvalue weighted by molar-refractivity contribution is 5.81. The topological polar surface area (TPSA) is 43.1 Å². The second-order valence-corrected chi connectivity index (χ2v) is 5.38. The van der Waals surface area contributed by atoms with Crippen molar-refractivity contribution in [2.45, 2.75) is 34.1 Å². The number of hydrogen-bond acceptors (Lipinski definition) is 1. The van der Waals surface area contributed by atoms with Gasteiger partial charge in [-0.05, 0) is 23.8 Å². The minimum absolute atomic E-state index is 0.189. The molecular formula is C15H23NO. The van der Waals surface area contributed by atoms with E-state index in [-0.39, 0.29) is 17.7 Å². The molecular weight excluding hydrogens is 210 g/mol. The first-order valence-electron chi connectivity index (χ1n) is 6.25. The van der Waals surface area contributed by atoms with Crippen molar-refractivity contribution in [3.05, 3.63) is 35.9 Å². The third-order valence-electron chi connectivity index (χ3n) is 3.86. The zero-order valence-electron chi connectivity index (χ0n) is 11.2. The third-order valence-corrected chi connectivity index (χ3v) is 3.86. The summed E-state index contributed by atoms with van der Waals surface area (Å²) in [5, 5.41) is 0. The summed E-state index contributed by atoms with van der Waals surface area (Å²) in [6.07, 6.45) is 0.721. The van der Waals surface area contributed by atoms with Crippen LogP contribution in [0.1, 0.15) is 33.3 Å².